The Morgan fingerprint density at radius 1 is 1.50 bits per heavy atom. The molecule has 0 aromatic rings. The molecule has 0 saturated carbocycles. The molecular weight excluding hydrogens is 146 g/mol. The van der Waals surface area contributed by atoms with E-state index in [1.807, 2.05) is 7.05 Å². The molecule has 0 heterocycles. The molecule has 0 aliphatic carbocycles. The second-order valence-corrected chi connectivity index (χ2v) is 3.19. The quantitative estimate of drug-likeness (QED) is 0.634. The fourth-order valence-electron chi connectivity index (χ4n) is 1.20. The average molecular weight is 167 g/mol. The van der Waals surface area contributed by atoms with Crippen molar-refractivity contribution in [3.63, 3.8) is 0 Å². The summed E-state index contributed by atoms with van der Waals surface area (Å²) in [5.74, 6) is 0.674. The topological polar surface area (TPSA) is 12.0 Å². The Labute approximate surface area is 76.6 Å². The number of rotatable bonds is 4. The van der Waals surface area contributed by atoms with E-state index in [1.165, 1.54) is 17.7 Å². The van der Waals surface area contributed by atoms with Gasteiger partial charge in [0.05, 0.1) is 0 Å². The summed E-state index contributed by atoms with van der Waals surface area (Å²) in [5, 5.41) is 3.17. The lowest BCUT2D eigenvalue weighted by Gasteiger charge is -2.09. The minimum atomic E-state index is 0.674. The Kier molecular flexibility index (Phi) is 5.52. The fourth-order valence-corrected chi connectivity index (χ4v) is 1.20. The zero-order chi connectivity index (χ0) is 9.56. The number of likely N-dealkylation sites (N-methyl/N-ethyl adjacent to an activating group) is 1. The predicted molar refractivity (Wildman–Crippen MR) is 56.0 cm³/mol. The minimum Gasteiger partial charge on any atom is -0.388 e. The lowest BCUT2D eigenvalue weighted by atomic mass is 10.0. The summed E-state index contributed by atoms with van der Waals surface area (Å²) in [4.78, 5) is 0. The maximum absolute atomic E-state index is 3.17. The van der Waals surface area contributed by atoms with Gasteiger partial charge >= 0.3 is 0 Å². The van der Waals surface area contributed by atoms with Gasteiger partial charge in [-0.3, -0.25) is 0 Å². The molecule has 0 aromatic heterocycles. The van der Waals surface area contributed by atoms with E-state index in [2.05, 4.69) is 45.2 Å². The first-order valence-corrected chi connectivity index (χ1v) is 4.68. The first-order valence-electron chi connectivity index (χ1n) is 4.68. The summed E-state index contributed by atoms with van der Waals surface area (Å²) in [7, 11) is 1.96. The molecular formula is C11H21N. The molecule has 0 spiro atoms. The first kappa shape index (κ1) is 11.3. The van der Waals surface area contributed by atoms with E-state index in [0.29, 0.717) is 5.92 Å². The van der Waals surface area contributed by atoms with Gasteiger partial charge in [-0.1, -0.05) is 32.4 Å². The van der Waals surface area contributed by atoms with Crippen molar-refractivity contribution in [3.8, 4) is 0 Å². The van der Waals surface area contributed by atoms with Crippen LogP contribution in [0, 0.1) is 5.92 Å². The second kappa shape index (κ2) is 5.87. The third-order valence-electron chi connectivity index (χ3n) is 2.16. The number of hydrogen-bond donors (Lipinski definition) is 1. The Balaban J connectivity index is 4.34. The summed E-state index contributed by atoms with van der Waals surface area (Å²) >= 11 is 0. The van der Waals surface area contributed by atoms with Gasteiger partial charge in [-0.2, -0.15) is 0 Å². The van der Waals surface area contributed by atoms with Crippen LogP contribution in [-0.4, -0.2) is 7.05 Å². The highest BCUT2D eigenvalue weighted by molar-refractivity contribution is 5.26. The molecule has 0 saturated heterocycles. The highest BCUT2D eigenvalue weighted by atomic mass is 14.8. The zero-order valence-corrected chi connectivity index (χ0v) is 8.94. The van der Waals surface area contributed by atoms with Gasteiger partial charge in [0.15, 0.2) is 0 Å². The van der Waals surface area contributed by atoms with Crippen molar-refractivity contribution in [1.82, 2.24) is 5.32 Å². The van der Waals surface area contributed by atoms with Crippen molar-refractivity contribution in [1.29, 1.82) is 0 Å². The molecule has 1 unspecified atom stereocenters. The Bertz CT molecular complexity index is 177. The van der Waals surface area contributed by atoms with E-state index in [-0.39, 0.29) is 0 Å². The molecule has 0 fully saturated rings. The summed E-state index contributed by atoms with van der Waals surface area (Å²) < 4.78 is 0. The van der Waals surface area contributed by atoms with Gasteiger partial charge in [0, 0.05) is 12.7 Å². The molecule has 0 radical (unpaired) electrons. The SMILES string of the molecule is C/C=C(\NC)C(C)=CC(C)CC. The standard InChI is InChI=1S/C11H21N/c1-6-9(3)8-10(4)11(7-2)12-5/h7-9,12H,6H2,1-5H3/b10-8?,11-7-. The molecule has 12 heavy (non-hydrogen) atoms. The normalized spacial score (nSPS) is 16.1. The van der Waals surface area contributed by atoms with E-state index < -0.39 is 0 Å². The van der Waals surface area contributed by atoms with Crippen LogP contribution >= 0.6 is 0 Å². The van der Waals surface area contributed by atoms with Crippen molar-refractivity contribution < 1.29 is 0 Å². The molecule has 70 valence electrons. The highest BCUT2D eigenvalue weighted by Crippen LogP contribution is 2.11. The van der Waals surface area contributed by atoms with Crippen LogP contribution in [0.3, 0.4) is 0 Å². The van der Waals surface area contributed by atoms with Crippen molar-refractivity contribution in [3.05, 3.63) is 23.4 Å². The maximum Gasteiger partial charge on any atom is 0.0320 e. The molecule has 0 aromatic carbocycles. The second-order valence-electron chi connectivity index (χ2n) is 3.19. The summed E-state index contributed by atoms with van der Waals surface area (Å²) in [6.07, 6.45) is 5.62. The fraction of sp³-hybridized carbons (Fsp3) is 0.636. The summed E-state index contributed by atoms with van der Waals surface area (Å²) in [6, 6.07) is 0. The molecule has 0 amide bonds. The van der Waals surface area contributed by atoms with Crippen LogP contribution in [0.15, 0.2) is 23.4 Å². The average Bonchev–Trinajstić information content (AvgIpc) is 2.06. The van der Waals surface area contributed by atoms with Crippen LogP contribution in [0.4, 0.5) is 0 Å². The molecule has 0 aliphatic heterocycles. The molecule has 1 heteroatoms. The first-order chi connectivity index (χ1) is 5.65. The van der Waals surface area contributed by atoms with Crippen LogP contribution in [0.1, 0.15) is 34.1 Å². The maximum atomic E-state index is 3.17. The van der Waals surface area contributed by atoms with Gasteiger partial charge in [-0.25, -0.2) is 0 Å². The van der Waals surface area contributed by atoms with Gasteiger partial charge in [-0.15, -0.1) is 0 Å². The van der Waals surface area contributed by atoms with Crippen LogP contribution < -0.4 is 5.32 Å². The number of allylic oxidation sites excluding steroid dienone is 3. The van der Waals surface area contributed by atoms with Gasteiger partial charge in [0.2, 0.25) is 0 Å². The molecule has 0 bridgehead atoms. The van der Waals surface area contributed by atoms with Gasteiger partial charge < -0.3 is 5.32 Å². The smallest absolute Gasteiger partial charge is 0.0320 e. The van der Waals surface area contributed by atoms with Gasteiger partial charge in [0.1, 0.15) is 0 Å². The zero-order valence-electron chi connectivity index (χ0n) is 8.94. The number of hydrogen-bond acceptors (Lipinski definition) is 1. The molecule has 0 rings (SSSR count). The summed E-state index contributed by atoms with van der Waals surface area (Å²) in [6.45, 7) is 8.66. The monoisotopic (exact) mass is 167 g/mol. The summed E-state index contributed by atoms with van der Waals surface area (Å²) in [5.41, 5.74) is 2.57. The van der Waals surface area contributed by atoms with Gasteiger partial charge in [0.25, 0.3) is 0 Å². The van der Waals surface area contributed by atoms with Crippen molar-refractivity contribution >= 4 is 0 Å². The van der Waals surface area contributed by atoms with Crippen molar-refractivity contribution in [2.24, 2.45) is 5.92 Å². The lowest BCUT2D eigenvalue weighted by Crippen LogP contribution is -2.07. The van der Waals surface area contributed by atoms with Crippen LogP contribution in [-0.2, 0) is 0 Å². The molecule has 1 nitrogen and oxygen atoms in total. The largest absolute Gasteiger partial charge is 0.388 e. The van der Waals surface area contributed by atoms with Crippen LogP contribution in [0.5, 0.6) is 0 Å². The van der Waals surface area contributed by atoms with Crippen molar-refractivity contribution in [2.75, 3.05) is 7.05 Å². The van der Waals surface area contributed by atoms with E-state index in [9.17, 15) is 0 Å². The van der Waals surface area contributed by atoms with E-state index in [4.69, 9.17) is 0 Å². The highest BCUT2D eigenvalue weighted by Gasteiger charge is 1.98. The minimum absolute atomic E-state index is 0.674. The lowest BCUT2D eigenvalue weighted by molar-refractivity contribution is 0.692. The van der Waals surface area contributed by atoms with Crippen LogP contribution in [0.25, 0.3) is 0 Å². The van der Waals surface area contributed by atoms with Gasteiger partial charge in [-0.05, 0) is 25.3 Å². The Morgan fingerprint density at radius 2 is 2.08 bits per heavy atom. The van der Waals surface area contributed by atoms with E-state index in [0.717, 1.165) is 0 Å². The predicted octanol–water partition coefficient (Wildman–Crippen LogP) is 3.10. The van der Waals surface area contributed by atoms with E-state index >= 15 is 0 Å². The Hall–Kier alpha value is -0.720. The molecule has 1 N–H and O–H groups in total. The third kappa shape index (κ3) is 3.61. The Morgan fingerprint density at radius 3 is 2.42 bits per heavy atom. The van der Waals surface area contributed by atoms with Crippen molar-refractivity contribution in [2.45, 2.75) is 34.1 Å². The van der Waals surface area contributed by atoms with Crippen LogP contribution in [0.2, 0.25) is 0 Å². The molecule has 0 aliphatic rings. The third-order valence-corrected chi connectivity index (χ3v) is 2.16. The molecule has 1 atom stereocenters. The number of nitrogens with one attached hydrogen (secondary N) is 1. The van der Waals surface area contributed by atoms with E-state index in [1.54, 1.807) is 0 Å².